The van der Waals surface area contributed by atoms with E-state index < -0.39 is 5.69 Å². The van der Waals surface area contributed by atoms with Crippen LogP contribution in [0.25, 0.3) is 10.9 Å². The Labute approximate surface area is 104 Å². The Balaban J connectivity index is 2.57. The van der Waals surface area contributed by atoms with Crippen molar-refractivity contribution in [2.45, 2.75) is 26.3 Å². The van der Waals surface area contributed by atoms with Crippen molar-refractivity contribution in [1.82, 2.24) is 15.3 Å². The zero-order valence-corrected chi connectivity index (χ0v) is 10.6. The molecule has 0 spiro atoms. The number of aromatic amines is 1. The number of rotatable bonds is 1. The van der Waals surface area contributed by atoms with E-state index in [9.17, 15) is 9.59 Å². The molecule has 0 radical (unpaired) electrons. The normalized spacial score (nSPS) is 11.5. The van der Waals surface area contributed by atoms with Gasteiger partial charge in [-0.15, -0.1) is 0 Å². The zero-order chi connectivity index (χ0) is 13.3. The molecule has 2 rings (SSSR count). The average molecular weight is 245 g/mol. The van der Waals surface area contributed by atoms with Crippen LogP contribution < -0.4 is 11.0 Å². The van der Waals surface area contributed by atoms with Gasteiger partial charge in [0.1, 0.15) is 5.69 Å². The molecule has 0 aliphatic rings. The monoisotopic (exact) mass is 245 g/mol. The highest BCUT2D eigenvalue weighted by Crippen LogP contribution is 2.13. The van der Waals surface area contributed by atoms with E-state index in [1.54, 1.807) is 24.3 Å². The highest BCUT2D eigenvalue weighted by Gasteiger charge is 2.19. The lowest BCUT2D eigenvalue weighted by atomic mass is 10.1. The summed E-state index contributed by atoms with van der Waals surface area (Å²) in [4.78, 5) is 29.9. The largest absolute Gasteiger partial charge is 0.346 e. The number of amides is 1. The third kappa shape index (κ3) is 2.56. The third-order valence-electron chi connectivity index (χ3n) is 2.34. The first kappa shape index (κ1) is 12.3. The van der Waals surface area contributed by atoms with Gasteiger partial charge < -0.3 is 10.3 Å². The molecular formula is C13H15N3O2. The summed E-state index contributed by atoms with van der Waals surface area (Å²) >= 11 is 0. The Morgan fingerprint density at radius 1 is 1.28 bits per heavy atom. The molecule has 1 heterocycles. The summed E-state index contributed by atoms with van der Waals surface area (Å²) in [5.74, 6) is -0.343. The molecule has 0 aliphatic heterocycles. The Morgan fingerprint density at radius 2 is 1.94 bits per heavy atom. The van der Waals surface area contributed by atoms with Crippen LogP contribution in [-0.2, 0) is 0 Å². The number of benzene rings is 1. The first-order chi connectivity index (χ1) is 8.37. The van der Waals surface area contributed by atoms with Gasteiger partial charge in [0, 0.05) is 10.9 Å². The molecule has 94 valence electrons. The van der Waals surface area contributed by atoms with Gasteiger partial charge in [-0.1, -0.05) is 18.2 Å². The highest BCUT2D eigenvalue weighted by atomic mass is 16.2. The molecule has 1 aromatic heterocycles. The van der Waals surface area contributed by atoms with Gasteiger partial charge in [0.05, 0.1) is 5.52 Å². The Morgan fingerprint density at radius 3 is 2.61 bits per heavy atom. The average Bonchev–Trinajstić information content (AvgIpc) is 2.25. The molecule has 0 unspecified atom stereocenters. The molecule has 0 bridgehead atoms. The first-order valence-corrected chi connectivity index (χ1v) is 5.68. The minimum atomic E-state index is -0.521. The van der Waals surface area contributed by atoms with E-state index >= 15 is 0 Å². The van der Waals surface area contributed by atoms with Gasteiger partial charge in [0.15, 0.2) is 0 Å². The predicted octanol–water partition coefficient (Wildman–Crippen LogP) is 1.45. The predicted molar refractivity (Wildman–Crippen MR) is 69.6 cm³/mol. The number of carbonyl (C=O) groups is 1. The van der Waals surface area contributed by atoms with Gasteiger partial charge in [-0.25, -0.2) is 4.79 Å². The van der Waals surface area contributed by atoms with Crippen LogP contribution in [0.5, 0.6) is 0 Å². The quantitative estimate of drug-likeness (QED) is 0.798. The van der Waals surface area contributed by atoms with E-state index in [-0.39, 0.29) is 17.1 Å². The highest BCUT2D eigenvalue weighted by molar-refractivity contribution is 6.04. The number of para-hydroxylation sites is 1. The van der Waals surface area contributed by atoms with Crippen molar-refractivity contribution in [3.63, 3.8) is 0 Å². The van der Waals surface area contributed by atoms with Crippen LogP contribution in [0, 0.1) is 0 Å². The van der Waals surface area contributed by atoms with Gasteiger partial charge in [0.2, 0.25) is 0 Å². The van der Waals surface area contributed by atoms with Crippen molar-refractivity contribution in [3.8, 4) is 0 Å². The molecular weight excluding hydrogens is 230 g/mol. The zero-order valence-electron chi connectivity index (χ0n) is 10.6. The molecule has 0 saturated carbocycles. The summed E-state index contributed by atoms with van der Waals surface area (Å²) in [6.45, 7) is 5.63. The summed E-state index contributed by atoms with van der Waals surface area (Å²) in [6.07, 6.45) is 0. The van der Waals surface area contributed by atoms with E-state index in [0.29, 0.717) is 10.9 Å². The maximum absolute atomic E-state index is 12.1. The smallest absolute Gasteiger partial charge is 0.346 e. The minimum absolute atomic E-state index is 0.157. The van der Waals surface area contributed by atoms with Crippen LogP contribution in [0.3, 0.4) is 0 Å². The fraction of sp³-hybridized carbons (Fsp3) is 0.308. The fourth-order valence-electron chi connectivity index (χ4n) is 1.68. The van der Waals surface area contributed by atoms with Crippen LogP contribution in [-0.4, -0.2) is 21.4 Å². The third-order valence-corrected chi connectivity index (χ3v) is 2.34. The summed E-state index contributed by atoms with van der Waals surface area (Å²) < 4.78 is 0. The molecule has 0 saturated heterocycles. The van der Waals surface area contributed by atoms with Crippen molar-refractivity contribution in [1.29, 1.82) is 0 Å². The molecule has 1 aromatic carbocycles. The number of hydrogen-bond acceptors (Lipinski definition) is 3. The van der Waals surface area contributed by atoms with E-state index in [4.69, 9.17) is 0 Å². The molecule has 0 atom stereocenters. The second-order valence-electron chi connectivity index (χ2n) is 5.14. The number of aromatic nitrogens is 2. The van der Waals surface area contributed by atoms with Crippen LogP contribution in [0.4, 0.5) is 0 Å². The lowest BCUT2D eigenvalue weighted by molar-refractivity contribution is 0.0916. The van der Waals surface area contributed by atoms with E-state index in [0.717, 1.165) is 0 Å². The molecule has 0 aliphatic carbocycles. The number of nitrogens with zero attached hydrogens (tertiary/aromatic N) is 1. The van der Waals surface area contributed by atoms with Crippen LogP contribution in [0.15, 0.2) is 29.1 Å². The number of carbonyl (C=O) groups excluding carboxylic acids is 1. The summed E-state index contributed by atoms with van der Waals surface area (Å²) in [6, 6.07) is 7.10. The van der Waals surface area contributed by atoms with Crippen molar-refractivity contribution in [2.75, 3.05) is 0 Å². The summed E-state index contributed by atoms with van der Waals surface area (Å²) in [5, 5.41) is 3.44. The molecule has 1 amide bonds. The number of H-pyrrole nitrogens is 1. The molecule has 0 fully saturated rings. The second kappa shape index (κ2) is 4.25. The minimum Gasteiger partial charge on any atom is -0.346 e. The van der Waals surface area contributed by atoms with Gasteiger partial charge in [-0.05, 0) is 26.8 Å². The van der Waals surface area contributed by atoms with Crippen LogP contribution in [0.1, 0.15) is 31.3 Å². The van der Waals surface area contributed by atoms with Gasteiger partial charge >= 0.3 is 5.69 Å². The van der Waals surface area contributed by atoms with Crippen molar-refractivity contribution in [2.24, 2.45) is 0 Å². The molecule has 2 N–H and O–H groups in total. The summed E-state index contributed by atoms with van der Waals surface area (Å²) in [5.41, 5.74) is -0.128. The van der Waals surface area contributed by atoms with Gasteiger partial charge in [-0.2, -0.15) is 4.98 Å². The number of fused-ring (bicyclic) bond motifs is 1. The molecule has 18 heavy (non-hydrogen) atoms. The van der Waals surface area contributed by atoms with E-state index in [2.05, 4.69) is 15.3 Å². The second-order valence-corrected chi connectivity index (χ2v) is 5.14. The van der Waals surface area contributed by atoms with Gasteiger partial charge in [0.25, 0.3) is 5.91 Å². The molecule has 5 nitrogen and oxygen atoms in total. The lowest BCUT2D eigenvalue weighted by Crippen LogP contribution is -2.41. The SMILES string of the molecule is CC(C)(C)NC(=O)c1nc(=O)[nH]c2ccccc12. The van der Waals surface area contributed by atoms with E-state index in [1.807, 2.05) is 20.8 Å². The van der Waals surface area contributed by atoms with Crippen molar-refractivity contribution >= 4 is 16.8 Å². The molecule has 5 heteroatoms. The topological polar surface area (TPSA) is 74.8 Å². The van der Waals surface area contributed by atoms with Crippen LogP contribution >= 0.6 is 0 Å². The first-order valence-electron chi connectivity index (χ1n) is 5.68. The van der Waals surface area contributed by atoms with Crippen LogP contribution in [0.2, 0.25) is 0 Å². The standard InChI is InChI=1S/C13H15N3O2/c1-13(2,3)16-11(17)10-8-6-4-5-7-9(8)14-12(18)15-10/h4-7H,1-3H3,(H,16,17)(H,14,15,18). The Kier molecular flexibility index (Phi) is 2.90. The van der Waals surface area contributed by atoms with Gasteiger partial charge in [-0.3, -0.25) is 4.79 Å². The maximum Gasteiger partial charge on any atom is 0.346 e. The number of hydrogen-bond donors (Lipinski definition) is 2. The van der Waals surface area contributed by atoms with Crippen molar-refractivity contribution < 1.29 is 4.79 Å². The van der Waals surface area contributed by atoms with Crippen molar-refractivity contribution in [3.05, 3.63) is 40.4 Å². The molecule has 2 aromatic rings. The number of nitrogens with one attached hydrogen (secondary N) is 2. The fourth-order valence-corrected chi connectivity index (χ4v) is 1.68. The Bertz CT molecular complexity index is 653. The Hall–Kier alpha value is -2.17. The maximum atomic E-state index is 12.1. The lowest BCUT2D eigenvalue weighted by Gasteiger charge is -2.20. The summed E-state index contributed by atoms with van der Waals surface area (Å²) in [7, 11) is 0. The van der Waals surface area contributed by atoms with E-state index in [1.165, 1.54) is 0 Å².